The van der Waals surface area contributed by atoms with Crippen LogP contribution in [0.15, 0.2) is 93.4 Å². The lowest BCUT2D eigenvalue weighted by molar-refractivity contribution is 1.20. The zero-order valence-corrected chi connectivity index (χ0v) is 14.8. The monoisotopic (exact) mass is 363 g/mol. The topological polar surface area (TPSA) is 32.9 Å². The van der Waals surface area contributed by atoms with Crippen molar-refractivity contribution in [3.8, 4) is 11.1 Å². The number of para-hydroxylation sites is 1. The normalized spacial score (nSPS) is 10.9. The highest BCUT2D eigenvalue weighted by Gasteiger charge is 2.16. The first-order chi connectivity index (χ1) is 12.2. The average molecular weight is 364 g/mol. The van der Waals surface area contributed by atoms with Crippen LogP contribution in [0.1, 0.15) is 0 Å². The molecule has 0 aliphatic rings. The number of hydrogen-bond acceptors (Lipinski definition) is 2. The minimum atomic E-state index is -0.109. The quantitative estimate of drug-likeness (QED) is 0.484. The molecule has 0 atom stereocenters. The lowest BCUT2D eigenvalue weighted by Crippen LogP contribution is -2.10. The fourth-order valence-corrected chi connectivity index (χ4v) is 4.11. The highest BCUT2D eigenvalue weighted by molar-refractivity contribution is 7.99. The Hall–Kier alpha value is -2.49. The summed E-state index contributed by atoms with van der Waals surface area (Å²) in [5.41, 5.74) is 2.67. The van der Waals surface area contributed by atoms with E-state index in [4.69, 9.17) is 11.6 Å². The van der Waals surface area contributed by atoms with E-state index in [9.17, 15) is 4.79 Å². The van der Waals surface area contributed by atoms with Gasteiger partial charge in [0.1, 0.15) is 0 Å². The van der Waals surface area contributed by atoms with Crippen LogP contribution in [0, 0.1) is 0 Å². The van der Waals surface area contributed by atoms with Gasteiger partial charge in [0.15, 0.2) is 0 Å². The molecule has 4 rings (SSSR count). The minimum Gasteiger partial charge on any atom is -0.321 e. The van der Waals surface area contributed by atoms with Crippen LogP contribution in [0.4, 0.5) is 0 Å². The minimum absolute atomic E-state index is 0.109. The van der Waals surface area contributed by atoms with Gasteiger partial charge < -0.3 is 4.98 Å². The van der Waals surface area contributed by atoms with Crippen molar-refractivity contribution in [2.45, 2.75) is 9.79 Å². The Morgan fingerprint density at radius 3 is 2.28 bits per heavy atom. The molecule has 0 bridgehead atoms. The Bertz CT molecular complexity index is 1110. The van der Waals surface area contributed by atoms with Gasteiger partial charge in [-0.05, 0) is 23.8 Å². The predicted octanol–water partition coefficient (Wildman–Crippen LogP) is 6.00. The highest BCUT2D eigenvalue weighted by Crippen LogP contribution is 2.39. The van der Waals surface area contributed by atoms with Crippen LogP contribution >= 0.6 is 23.4 Å². The van der Waals surface area contributed by atoms with E-state index < -0.39 is 0 Å². The Morgan fingerprint density at radius 1 is 0.800 bits per heavy atom. The van der Waals surface area contributed by atoms with Gasteiger partial charge in [-0.25, -0.2) is 0 Å². The van der Waals surface area contributed by atoms with Gasteiger partial charge in [-0.15, -0.1) is 0 Å². The number of rotatable bonds is 3. The molecule has 4 aromatic rings. The predicted molar refractivity (Wildman–Crippen MR) is 106 cm³/mol. The van der Waals surface area contributed by atoms with E-state index in [1.165, 1.54) is 11.8 Å². The molecule has 0 radical (unpaired) electrons. The zero-order chi connectivity index (χ0) is 17.2. The van der Waals surface area contributed by atoms with E-state index in [2.05, 4.69) is 4.98 Å². The van der Waals surface area contributed by atoms with Crippen molar-refractivity contribution in [1.82, 2.24) is 4.98 Å². The van der Waals surface area contributed by atoms with Gasteiger partial charge in [0, 0.05) is 21.4 Å². The van der Waals surface area contributed by atoms with Crippen LogP contribution in [-0.2, 0) is 0 Å². The Balaban J connectivity index is 2.02. The molecule has 2 nitrogen and oxygen atoms in total. The summed E-state index contributed by atoms with van der Waals surface area (Å²) in [4.78, 5) is 17.3. The Kier molecular flexibility index (Phi) is 4.35. The van der Waals surface area contributed by atoms with Gasteiger partial charge >= 0.3 is 0 Å². The van der Waals surface area contributed by atoms with Crippen LogP contribution in [0.5, 0.6) is 0 Å². The van der Waals surface area contributed by atoms with E-state index in [0.717, 1.165) is 26.9 Å². The highest BCUT2D eigenvalue weighted by atomic mass is 35.5. The van der Waals surface area contributed by atoms with Crippen molar-refractivity contribution in [3.63, 3.8) is 0 Å². The Labute approximate surface area is 154 Å². The summed E-state index contributed by atoms with van der Waals surface area (Å²) in [7, 11) is 0. The van der Waals surface area contributed by atoms with E-state index in [1.807, 2.05) is 78.9 Å². The molecular formula is C21H14ClNOS. The largest absolute Gasteiger partial charge is 0.321 e. The third-order valence-electron chi connectivity index (χ3n) is 3.99. The van der Waals surface area contributed by atoms with E-state index in [-0.39, 0.29) is 5.56 Å². The first kappa shape index (κ1) is 16.0. The summed E-state index contributed by atoms with van der Waals surface area (Å²) < 4.78 is 0. The molecule has 0 saturated carbocycles. The van der Waals surface area contributed by atoms with Gasteiger partial charge in [-0.3, -0.25) is 4.79 Å². The van der Waals surface area contributed by atoms with Crippen molar-refractivity contribution < 1.29 is 0 Å². The summed E-state index contributed by atoms with van der Waals surface area (Å²) in [5, 5.41) is 1.65. The number of nitrogens with one attached hydrogen (secondary N) is 1. The Morgan fingerprint density at radius 2 is 1.48 bits per heavy atom. The summed E-state index contributed by atoms with van der Waals surface area (Å²) >= 11 is 7.71. The van der Waals surface area contributed by atoms with Crippen molar-refractivity contribution >= 4 is 34.3 Å². The molecule has 1 N–H and O–H groups in total. The van der Waals surface area contributed by atoms with Gasteiger partial charge in [0.2, 0.25) is 0 Å². The maximum atomic E-state index is 12.8. The molecular weight excluding hydrogens is 350 g/mol. The second kappa shape index (κ2) is 6.79. The van der Waals surface area contributed by atoms with E-state index in [0.29, 0.717) is 9.92 Å². The first-order valence-corrected chi connectivity index (χ1v) is 9.06. The zero-order valence-electron chi connectivity index (χ0n) is 13.2. The van der Waals surface area contributed by atoms with Crippen molar-refractivity contribution in [3.05, 3.63) is 94.2 Å². The second-order valence-corrected chi connectivity index (χ2v) is 7.06. The number of H-pyrrole nitrogens is 1. The van der Waals surface area contributed by atoms with Crippen LogP contribution in [0.3, 0.4) is 0 Å². The molecule has 3 aromatic carbocycles. The summed E-state index contributed by atoms with van der Waals surface area (Å²) in [5.74, 6) is 0. The van der Waals surface area contributed by atoms with Crippen LogP contribution in [0.25, 0.3) is 22.0 Å². The number of aromatic amines is 1. The smallest absolute Gasteiger partial charge is 0.263 e. The maximum Gasteiger partial charge on any atom is 0.263 e. The summed E-state index contributed by atoms with van der Waals surface area (Å²) in [6, 6.07) is 25.4. The second-order valence-electron chi connectivity index (χ2n) is 5.60. The molecule has 1 heterocycles. The lowest BCUT2D eigenvalue weighted by atomic mass is 10.0. The molecule has 0 unspecified atom stereocenters. The third kappa shape index (κ3) is 3.09. The molecule has 0 aliphatic heterocycles. The number of halogens is 1. The van der Waals surface area contributed by atoms with E-state index >= 15 is 0 Å². The van der Waals surface area contributed by atoms with Gasteiger partial charge in [0.05, 0.1) is 9.92 Å². The van der Waals surface area contributed by atoms with Crippen LogP contribution in [-0.4, -0.2) is 4.98 Å². The number of pyridine rings is 1. The molecule has 25 heavy (non-hydrogen) atoms. The summed E-state index contributed by atoms with van der Waals surface area (Å²) in [6.45, 7) is 0. The van der Waals surface area contributed by atoms with Gasteiger partial charge in [0.25, 0.3) is 5.56 Å². The molecule has 0 fully saturated rings. The standard InChI is InChI=1S/C21H14ClNOS/c22-16-11-5-7-13-18(16)25-20-19(14-8-2-1-3-9-14)15-10-4-6-12-17(15)23-21(20)24/h1-13H,(H,23,24). The third-order valence-corrected chi connectivity index (χ3v) is 5.60. The van der Waals surface area contributed by atoms with Gasteiger partial charge in [-0.2, -0.15) is 0 Å². The lowest BCUT2D eigenvalue weighted by Gasteiger charge is -2.13. The number of fused-ring (bicyclic) bond motifs is 1. The fraction of sp³-hybridized carbons (Fsp3) is 0. The molecule has 0 aliphatic carbocycles. The van der Waals surface area contributed by atoms with Crippen molar-refractivity contribution in [1.29, 1.82) is 0 Å². The number of benzene rings is 3. The number of hydrogen-bond donors (Lipinski definition) is 1. The fourth-order valence-electron chi connectivity index (χ4n) is 2.85. The molecule has 122 valence electrons. The molecule has 0 saturated heterocycles. The first-order valence-electron chi connectivity index (χ1n) is 7.87. The summed E-state index contributed by atoms with van der Waals surface area (Å²) in [6.07, 6.45) is 0. The number of aromatic nitrogens is 1. The van der Waals surface area contributed by atoms with Crippen molar-refractivity contribution in [2.75, 3.05) is 0 Å². The molecule has 0 spiro atoms. The maximum absolute atomic E-state index is 12.8. The van der Waals surface area contributed by atoms with Crippen LogP contribution in [0.2, 0.25) is 5.02 Å². The van der Waals surface area contributed by atoms with Crippen molar-refractivity contribution in [2.24, 2.45) is 0 Å². The van der Waals surface area contributed by atoms with E-state index in [1.54, 1.807) is 0 Å². The van der Waals surface area contributed by atoms with Gasteiger partial charge in [-0.1, -0.05) is 84.0 Å². The van der Waals surface area contributed by atoms with Crippen LogP contribution < -0.4 is 5.56 Å². The average Bonchev–Trinajstić information content (AvgIpc) is 2.64. The molecule has 1 aromatic heterocycles. The molecule has 0 amide bonds. The SMILES string of the molecule is O=c1[nH]c2ccccc2c(-c2ccccc2)c1Sc1ccccc1Cl. The molecule has 4 heteroatoms.